The summed E-state index contributed by atoms with van der Waals surface area (Å²) in [5.41, 5.74) is 2.02. The Kier molecular flexibility index (Phi) is 6.43. The number of sulfonamides is 1. The molecule has 0 saturated carbocycles. The van der Waals surface area contributed by atoms with Crippen LogP contribution >= 0.6 is 0 Å². The minimum atomic E-state index is -3.62. The summed E-state index contributed by atoms with van der Waals surface area (Å²) in [6.07, 6.45) is 1.34. The smallest absolute Gasteiger partial charge is 0.207 e. The van der Waals surface area contributed by atoms with Crippen LogP contribution in [-0.4, -0.2) is 14.5 Å². The molecule has 3 aromatic carbocycles. The van der Waals surface area contributed by atoms with Crippen molar-refractivity contribution in [1.82, 2.24) is 4.72 Å². The molecule has 3 nitrogen and oxygen atoms in total. The molecule has 0 spiro atoms. The van der Waals surface area contributed by atoms with Crippen molar-refractivity contribution in [2.75, 3.05) is 0 Å². The van der Waals surface area contributed by atoms with Gasteiger partial charge < -0.3 is 0 Å². The number of rotatable bonds is 6. The quantitative estimate of drug-likeness (QED) is 0.662. The molecule has 0 saturated heterocycles. The Hall–Kier alpha value is -2.87. The van der Waals surface area contributed by atoms with Gasteiger partial charge in [-0.25, -0.2) is 8.42 Å². The molecule has 0 heterocycles. The number of hydrogen-bond donors (Lipinski definition) is 1. The van der Waals surface area contributed by atoms with E-state index in [-0.39, 0.29) is 4.90 Å². The molecule has 0 fully saturated rings. The second-order valence-electron chi connectivity index (χ2n) is 6.15. The van der Waals surface area contributed by atoms with E-state index in [9.17, 15) is 8.42 Å². The summed E-state index contributed by atoms with van der Waals surface area (Å²) in [6.45, 7) is 0. The van der Waals surface area contributed by atoms with E-state index in [0.717, 1.165) is 17.5 Å². The number of benzene rings is 3. The highest BCUT2D eigenvalue weighted by Crippen LogP contribution is 2.11. The van der Waals surface area contributed by atoms with Crippen molar-refractivity contribution in [3.8, 4) is 11.8 Å². The van der Waals surface area contributed by atoms with Gasteiger partial charge in [0.2, 0.25) is 10.0 Å². The Morgan fingerprint density at radius 2 is 1.33 bits per heavy atom. The topological polar surface area (TPSA) is 46.2 Å². The van der Waals surface area contributed by atoms with Gasteiger partial charge in [0.1, 0.15) is 0 Å². The Morgan fingerprint density at radius 1 is 0.778 bits per heavy atom. The number of hydrogen-bond acceptors (Lipinski definition) is 2. The van der Waals surface area contributed by atoms with Crippen molar-refractivity contribution in [3.05, 3.63) is 102 Å². The Labute approximate surface area is 161 Å². The van der Waals surface area contributed by atoms with Gasteiger partial charge >= 0.3 is 0 Å². The molecule has 136 valence electrons. The summed E-state index contributed by atoms with van der Waals surface area (Å²) in [5.74, 6) is 6.17. The van der Waals surface area contributed by atoms with Crippen LogP contribution in [-0.2, 0) is 16.4 Å². The van der Waals surface area contributed by atoms with Crippen LogP contribution in [0.1, 0.15) is 17.5 Å². The molecule has 3 aromatic rings. The molecular weight excluding hydrogens is 354 g/mol. The lowest BCUT2D eigenvalue weighted by Gasteiger charge is -2.14. The highest BCUT2D eigenvalue weighted by Gasteiger charge is 2.18. The van der Waals surface area contributed by atoms with Gasteiger partial charge in [-0.05, 0) is 42.7 Å². The van der Waals surface area contributed by atoms with Crippen molar-refractivity contribution in [2.24, 2.45) is 0 Å². The molecule has 0 amide bonds. The van der Waals surface area contributed by atoms with Crippen LogP contribution in [0, 0.1) is 11.8 Å². The van der Waals surface area contributed by atoms with E-state index in [1.165, 1.54) is 0 Å². The molecule has 0 aromatic heterocycles. The molecule has 1 atom stereocenters. The lowest BCUT2D eigenvalue weighted by molar-refractivity contribution is 0.566. The standard InChI is InChI=1S/C23H21NO2S/c25-27(26,23-14-8-3-9-15-23)24-22(18-16-20-10-4-1-5-11-20)19-17-21-12-6-2-7-13-21/h1-15,22,24H,16,18H2. The van der Waals surface area contributed by atoms with E-state index in [1.54, 1.807) is 30.3 Å². The van der Waals surface area contributed by atoms with E-state index < -0.39 is 16.1 Å². The Bertz CT molecular complexity index is 1010. The molecule has 0 aliphatic rings. The molecule has 0 bridgehead atoms. The third-order valence-electron chi connectivity index (χ3n) is 4.08. The van der Waals surface area contributed by atoms with Gasteiger partial charge in [-0.2, -0.15) is 4.72 Å². The van der Waals surface area contributed by atoms with Crippen LogP contribution in [0.25, 0.3) is 0 Å². The second-order valence-corrected chi connectivity index (χ2v) is 7.86. The van der Waals surface area contributed by atoms with Crippen LogP contribution in [0.3, 0.4) is 0 Å². The van der Waals surface area contributed by atoms with E-state index in [0.29, 0.717) is 6.42 Å². The Morgan fingerprint density at radius 3 is 1.96 bits per heavy atom. The Balaban J connectivity index is 1.80. The summed E-state index contributed by atoms with van der Waals surface area (Å²) in [4.78, 5) is 0.247. The molecule has 0 aliphatic carbocycles. The monoisotopic (exact) mass is 375 g/mol. The molecule has 27 heavy (non-hydrogen) atoms. The SMILES string of the molecule is O=S(=O)(NC(C#Cc1ccccc1)CCc1ccccc1)c1ccccc1. The molecule has 3 rings (SSSR count). The van der Waals surface area contributed by atoms with E-state index in [2.05, 4.69) is 16.6 Å². The van der Waals surface area contributed by atoms with Gasteiger partial charge in [0.05, 0.1) is 10.9 Å². The van der Waals surface area contributed by atoms with Crippen LogP contribution in [0.5, 0.6) is 0 Å². The maximum absolute atomic E-state index is 12.7. The van der Waals surface area contributed by atoms with Gasteiger partial charge in [0.25, 0.3) is 0 Å². The maximum Gasteiger partial charge on any atom is 0.241 e. The first-order valence-electron chi connectivity index (χ1n) is 8.81. The predicted molar refractivity (Wildman–Crippen MR) is 109 cm³/mol. The highest BCUT2D eigenvalue weighted by atomic mass is 32.2. The lowest BCUT2D eigenvalue weighted by atomic mass is 10.1. The van der Waals surface area contributed by atoms with Crippen molar-refractivity contribution in [1.29, 1.82) is 0 Å². The third-order valence-corrected chi connectivity index (χ3v) is 5.57. The largest absolute Gasteiger partial charge is 0.241 e. The molecule has 1 N–H and O–H groups in total. The molecule has 0 aliphatic heterocycles. The zero-order valence-corrected chi connectivity index (χ0v) is 15.7. The summed E-state index contributed by atoms with van der Waals surface area (Å²) in [5, 5.41) is 0. The fraction of sp³-hybridized carbons (Fsp3) is 0.130. The maximum atomic E-state index is 12.7. The zero-order chi connectivity index (χ0) is 19.0. The summed E-state index contributed by atoms with van der Waals surface area (Å²) < 4.78 is 28.1. The first-order valence-corrected chi connectivity index (χ1v) is 10.3. The zero-order valence-electron chi connectivity index (χ0n) is 14.9. The lowest BCUT2D eigenvalue weighted by Crippen LogP contribution is -2.34. The van der Waals surface area contributed by atoms with Crippen molar-refractivity contribution < 1.29 is 8.42 Å². The summed E-state index contributed by atoms with van der Waals surface area (Å²) in [7, 11) is -3.62. The molecule has 0 radical (unpaired) electrons. The number of aryl methyl sites for hydroxylation is 1. The third kappa shape index (κ3) is 5.82. The minimum Gasteiger partial charge on any atom is -0.207 e. The van der Waals surface area contributed by atoms with Crippen LogP contribution in [0.4, 0.5) is 0 Å². The average molecular weight is 375 g/mol. The second kappa shape index (κ2) is 9.18. The van der Waals surface area contributed by atoms with Crippen LogP contribution in [0.15, 0.2) is 95.9 Å². The fourth-order valence-electron chi connectivity index (χ4n) is 2.66. The first-order chi connectivity index (χ1) is 13.1. The van der Waals surface area contributed by atoms with Gasteiger partial charge in [0.15, 0.2) is 0 Å². The van der Waals surface area contributed by atoms with Crippen molar-refractivity contribution in [2.45, 2.75) is 23.8 Å². The van der Waals surface area contributed by atoms with Gasteiger partial charge in [0, 0.05) is 5.56 Å². The van der Waals surface area contributed by atoms with Crippen molar-refractivity contribution >= 4 is 10.0 Å². The van der Waals surface area contributed by atoms with E-state index >= 15 is 0 Å². The van der Waals surface area contributed by atoms with E-state index in [4.69, 9.17) is 0 Å². The highest BCUT2D eigenvalue weighted by molar-refractivity contribution is 7.89. The molecular formula is C23H21NO2S. The number of nitrogens with one attached hydrogen (secondary N) is 1. The van der Waals surface area contributed by atoms with Gasteiger partial charge in [-0.3, -0.25) is 0 Å². The van der Waals surface area contributed by atoms with Crippen molar-refractivity contribution in [3.63, 3.8) is 0 Å². The first kappa shape index (κ1) is 18.9. The van der Waals surface area contributed by atoms with Crippen LogP contribution < -0.4 is 4.72 Å². The summed E-state index contributed by atoms with van der Waals surface area (Å²) in [6, 6.07) is 27.5. The van der Waals surface area contributed by atoms with Crippen LogP contribution in [0.2, 0.25) is 0 Å². The average Bonchev–Trinajstić information content (AvgIpc) is 2.72. The predicted octanol–water partition coefficient (Wildman–Crippen LogP) is 4.02. The molecule has 1 unspecified atom stereocenters. The van der Waals surface area contributed by atoms with Gasteiger partial charge in [-0.15, -0.1) is 0 Å². The summed E-state index contributed by atoms with van der Waals surface area (Å²) >= 11 is 0. The minimum absolute atomic E-state index is 0.247. The normalized spacial score (nSPS) is 12.0. The van der Waals surface area contributed by atoms with E-state index in [1.807, 2.05) is 60.7 Å². The fourth-order valence-corrected chi connectivity index (χ4v) is 3.87. The molecule has 4 heteroatoms. The van der Waals surface area contributed by atoms with Gasteiger partial charge in [-0.1, -0.05) is 78.6 Å².